The fourth-order valence-electron chi connectivity index (χ4n) is 2.20. The number of benzene rings is 1. The van der Waals surface area contributed by atoms with Crippen LogP contribution in [0.5, 0.6) is 0 Å². The van der Waals surface area contributed by atoms with Crippen LogP contribution >= 0.6 is 0 Å². The van der Waals surface area contributed by atoms with Crippen molar-refractivity contribution in [3.63, 3.8) is 0 Å². The Balaban J connectivity index is 2.05. The highest BCUT2D eigenvalue weighted by Gasteiger charge is 2.22. The lowest BCUT2D eigenvalue weighted by atomic mass is 10.0. The third-order valence-corrected chi connectivity index (χ3v) is 3.53. The zero-order valence-corrected chi connectivity index (χ0v) is 14.5. The molecule has 1 radical (unpaired) electrons. The van der Waals surface area contributed by atoms with E-state index in [0.29, 0.717) is 12.3 Å². The molecular weight excluding hydrogens is 316 g/mol. The molecule has 0 fully saturated rings. The highest BCUT2D eigenvalue weighted by Crippen LogP contribution is 2.06. The number of carbonyl (C=O) groups is 2. The molecule has 0 aliphatic heterocycles. The quantitative estimate of drug-likeness (QED) is 0.772. The molecule has 2 N–H and O–H groups in total. The molecule has 0 spiro atoms. The van der Waals surface area contributed by atoms with Crippen molar-refractivity contribution in [2.75, 3.05) is 0 Å². The average Bonchev–Trinajstić information content (AvgIpc) is 2.62. The number of hydrogen-bond acceptors (Lipinski definition) is 4. The van der Waals surface area contributed by atoms with Crippen molar-refractivity contribution in [3.05, 3.63) is 66.7 Å². The van der Waals surface area contributed by atoms with Gasteiger partial charge in [-0.15, -0.1) is 0 Å². The number of nitrogens with one attached hydrogen (secondary N) is 2. The van der Waals surface area contributed by atoms with Gasteiger partial charge in [0, 0.05) is 25.4 Å². The van der Waals surface area contributed by atoms with Crippen molar-refractivity contribution >= 4 is 11.8 Å². The summed E-state index contributed by atoms with van der Waals surface area (Å²) in [5.41, 5.74) is 1.14. The summed E-state index contributed by atoms with van der Waals surface area (Å²) in [4.78, 5) is 32.7. The van der Waals surface area contributed by atoms with E-state index in [-0.39, 0.29) is 11.6 Å². The first-order chi connectivity index (χ1) is 12.1. The number of nitrogens with zero attached hydrogens (tertiary/aromatic N) is 2. The zero-order chi connectivity index (χ0) is 18.1. The fraction of sp³-hybridized carbons (Fsp3) is 0.316. The second-order valence-corrected chi connectivity index (χ2v) is 6.15. The summed E-state index contributed by atoms with van der Waals surface area (Å²) in [6.45, 7) is 5.87. The molecule has 2 amide bonds. The van der Waals surface area contributed by atoms with Crippen molar-refractivity contribution in [2.45, 2.75) is 32.7 Å². The van der Waals surface area contributed by atoms with Gasteiger partial charge in [0.05, 0.1) is 6.20 Å². The summed E-state index contributed by atoms with van der Waals surface area (Å²) in [6.07, 6.45) is 5.47. The maximum Gasteiger partial charge on any atom is 0.272 e. The Morgan fingerprint density at radius 2 is 1.92 bits per heavy atom. The van der Waals surface area contributed by atoms with Crippen molar-refractivity contribution in [1.82, 2.24) is 20.6 Å². The molecule has 0 aliphatic rings. The van der Waals surface area contributed by atoms with Crippen LogP contribution < -0.4 is 10.6 Å². The first-order valence-electron chi connectivity index (χ1n) is 8.29. The van der Waals surface area contributed by atoms with Crippen LogP contribution in [0.25, 0.3) is 0 Å². The fourth-order valence-corrected chi connectivity index (χ4v) is 2.20. The normalized spacial score (nSPS) is 11.8. The third kappa shape index (κ3) is 6.33. The standard InChI is InChI=1S/C19H23N4O2/c1-14(2)8-9-22-18(24)16(12-15-6-4-3-5-7-15)23-19(25)17-13-20-10-11-21-17/h3-7,9-11,13-14,16H,8,12H2,1-2H3,(H,22,24)(H,23,25)/t16-/m0/s1. The molecule has 1 aromatic heterocycles. The van der Waals surface area contributed by atoms with Gasteiger partial charge in [0.25, 0.3) is 5.91 Å². The highest BCUT2D eigenvalue weighted by molar-refractivity contribution is 5.96. The van der Waals surface area contributed by atoms with Gasteiger partial charge in [-0.2, -0.15) is 0 Å². The average molecular weight is 339 g/mol. The molecule has 0 unspecified atom stereocenters. The van der Waals surface area contributed by atoms with E-state index in [0.717, 1.165) is 12.0 Å². The molecule has 0 saturated carbocycles. The molecule has 1 heterocycles. The van der Waals surface area contributed by atoms with Gasteiger partial charge in [-0.1, -0.05) is 44.2 Å². The van der Waals surface area contributed by atoms with Gasteiger partial charge in [-0.25, -0.2) is 4.98 Å². The molecule has 0 bridgehead atoms. The van der Waals surface area contributed by atoms with E-state index in [9.17, 15) is 9.59 Å². The molecule has 0 aliphatic carbocycles. The van der Waals surface area contributed by atoms with Crippen LogP contribution in [0, 0.1) is 12.5 Å². The summed E-state index contributed by atoms with van der Waals surface area (Å²) >= 11 is 0. The highest BCUT2D eigenvalue weighted by atomic mass is 16.2. The molecule has 2 aromatic rings. The molecule has 6 heteroatoms. The Labute approximate surface area is 148 Å². The van der Waals surface area contributed by atoms with Crippen LogP contribution in [0.15, 0.2) is 48.9 Å². The van der Waals surface area contributed by atoms with Gasteiger partial charge in [0.2, 0.25) is 5.91 Å². The minimum Gasteiger partial charge on any atom is -0.349 e. The SMILES string of the molecule is CC(C)C[CH]NC(=O)[C@H](Cc1ccccc1)NC(=O)c1cnccn1. The van der Waals surface area contributed by atoms with Gasteiger partial charge >= 0.3 is 0 Å². The van der Waals surface area contributed by atoms with E-state index >= 15 is 0 Å². The second-order valence-electron chi connectivity index (χ2n) is 6.15. The molecular formula is C19H23N4O2. The van der Waals surface area contributed by atoms with Crippen LogP contribution in [-0.4, -0.2) is 27.8 Å². The van der Waals surface area contributed by atoms with Crippen LogP contribution in [0.3, 0.4) is 0 Å². The summed E-state index contributed by atoms with van der Waals surface area (Å²) in [5.74, 6) is -0.225. The van der Waals surface area contributed by atoms with Crippen LogP contribution in [-0.2, 0) is 11.2 Å². The predicted molar refractivity (Wildman–Crippen MR) is 95.3 cm³/mol. The Kier molecular flexibility index (Phi) is 7.07. The van der Waals surface area contributed by atoms with E-state index in [2.05, 4.69) is 34.4 Å². The van der Waals surface area contributed by atoms with Crippen molar-refractivity contribution in [1.29, 1.82) is 0 Å². The van der Waals surface area contributed by atoms with Crippen LogP contribution in [0.2, 0.25) is 0 Å². The Morgan fingerprint density at radius 1 is 1.16 bits per heavy atom. The van der Waals surface area contributed by atoms with Crippen molar-refractivity contribution in [2.24, 2.45) is 5.92 Å². The number of hydrogen-bond donors (Lipinski definition) is 2. The summed E-state index contributed by atoms with van der Waals surface area (Å²) in [6, 6.07) is 8.87. The lowest BCUT2D eigenvalue weighted by molar-refractivity contribution is -0.122. The topological polar surface area (TPSA) is 84.0 Å². The van der Waals surface area contributed by atoms with Gasteiger partial charge in [0.15, 0.2) is 0 Å². The summed E-state index contributed by atoms with van der Waals surface area (Å²) < 4.78 is 0. The first kappa shape index (κ1) is 18.6. The molecule has 0 saturated heterocycles. The lowest BCUT2D eigenvalue weighted by Gasteiger charge is -2.18. The summed E-state index contributed by atoms with van der Waals surface area (Å²) in [7, 11) is 0. The molecule has 1 atom stereocenters. The number of amides is 2. The molecule has 1 aromatic carbocycles. The number of aromatic nitrogens is 2. The minimum atomic E-state index is -0.694. The molecule has 2 rings (SSSR count). The van der Waals surface area contributed by atoms with Crippen molar-refractivity contribution in [3.8, 4) is 0 Å². The Bertz CT molecular complexity index is 674. The summed E-state index contributed by atoms with van der Waals surface area (Å²) in [5, 5.41) is 5.52. The van der Waals surface area contributed by atoms with E-state index in [1.807, 2.05) is 30.3 Å². The lowest BCUT2D eigenvalue weighted by Crippen LogP contribution is -2.47. The minimum absolute atomic E-state index is 0.180. The Hall–Kier alpha value is -2.76. The van der Waals surface area contributed by atoms with Crippen LogP contribution in [0.1, 0.15) is 36.3 Å². The molecule has 6 nitrogen and oxygen atoms in total. The Morgan fingerprint density at radius 3 is 2.56 bits per heavy atom. The molecule has 25 heavy (non-hydrogen) atoms. The maximum atomic E-state index is 12.5. The predicted octanol–water partition coefficient (Wildman–Crippen LogP) is 2.14. The van der Waals surface area contributed by atoms with Crippen LogP contribution in [0.4, 0.5) is 0 Å². The van der Waals surface area contributed by atoms with E-state index in [4.69, 9.17) is 0 Å². The van der Waals surface area contributed by atoms with Gasteiger partial charge in [-0.05, 0) is 17.9 Å². The van der Waals surface area contributed by atoms with E-state index < -0.39 is 11.9 Å². The molecule has 131 valence electrons. The van der Waals surface area contributed by atoms with Crippen molar-refractivity contribution < 1.29 is 9.59 Å². The maximum absolute atomic E-state index is 12.5. The van der Waals surface area contributed by atoms with Gasteiger partial charge in [0.1, 0.15) is 11.7 Å². The number of rotatable bonds is 8. The van der Waals surface area contributed by atoms with Gasteiger partial charge in [-0.3, -0.25) is 14.6 Å². The van der Waals surface area contributed by atoms with E-state index in [1.54, 1.807) is 6.54 Å². The smallest absolute Gasteiger partial charge is 0.272 e. The number of carbonyl (C=O) groups excluding carboxylic acids is 2. The largest absolute Gasteiger partial charge is 0.349 e. The van der Waals surface area contributed by atoms with Gasteiger partial charge < -0.3 is 10.6 Å². The zero-order valence-electron chi connectivity index (χ0n) is 14.5. The second kappa shape index (κ2) is 9.52. The first-order valence-corrected chi connectivity index (χ1v) is 8.29. The third-order valence-electron chi connectivity index (χ3n) is 3.53. The monoisotopic (exact) mass is 339 g/mol. The van der Waals surface area contributed by atoms with E-state index in [1.165, 1.54) is 18.6 Å².